The average Bonchev–Trinajstić information content (AvgIpc) is 3.60. The highest BCUT2D eigenvalue weighted by atomic mass is 32.2. The minimum absolute atomic E-state index is 0.0345. The van der Waals surface area contributed by atoms with Gasteiger partial charge in [0.05, 0.1) is 32.6 Å². The monoisotopic (exact) mass is 615 g/mol. The molecule has 1 saturated heterocycles. The maximum absolute atomic E-state index is 13.7. The summed E-state index contributed by atoms with van der Waals surface area (Å²) in [7, 11) is -2.98. The van der Waals surface area contributed by atoms with Crippen molar-refractivity contribution in [2.24, 2.45) is 11.8 Å². The van der Waals surface area contributed by atoms with Gasteiger partial charge in [-0.15, -0.1) is 11.3 Å². The van der Waals surface area contributed by atoms with Gasteiger partial charge in [0.1, 0.15) is 5.78 Å². The highest BCUT2D eigenvalue weighted by molar-refractivity contribution is 7.91. The third kappa shape index (κ3) is 9.04. The summed E-state index contributed by atoms with van der Waals surface area (Å²) in [5.74, 6) is 0.198. The molecule has 2 aliphatic rings. The first kappa shape index (κ1) is 32.5. The predicted molar refractivity (Wildman–Crippen MR) is 169 cm³/mol. The Morgan fingerprint density at radius 1 is 1.14 bits per heavy atom. The van der Waals surface area contributed by atoms with Crippen LogP contribution in [-0.4, -0.2) is 73.0 Å². The Morgan fingerprint density at radius 3 is 2.48 bits per heavy atom. The number of aromatic nitrogens is 1. The smallest absolute Gasteiger partial charge is 0.224 e. The maximum atomic E-state index is 13.7. The summed E-state index contributed by atoms with van der Waals surface area (Å²) >= 11 is 1.58. The Kier molecular flexibility index (Phi) is 11.1. The molecule has 0 spiro atoms. The van der Waals surface area contributed by atoms with Crippen molar-refractivity contribution in [2.75, 3.05) is 31.1 Å². The lowest BCUT2D eigenvalue weighted by molar-refractivity contribution is -0.129. The van der Waals surface area contributed by atoms with Crippen LogP contribution >= 0.6 is 11.3 Å². The van der Waals surface area contributed by atoms with Gasteiger partial charge in [-0.2, -0.15) is 0 Å². The third-order valence-corrected chi connectivity index (χ3v) is 11.3. The normalized spacial score (nSPS) is 19.1. The lowest BCUT2D eigenvalue weighted by Crippen LogP contribution is -2.44. The number of benzene rings is 1. The average molecular weight is 616 g/mol. The molecular formula is C32H45N3O5S2. The molecule has 8 nitrogen and oxygen atoms in total. The number of hydrogen-bond acceptors (Lipinski definition) is 8. The summed E-state index contributed by atoms with van der Waals surface area (Å²) in [4.78, 5) is 45.6. The van der Waals surface area contributed by atoms with Gasteiger partial charge >= 0.3 is 0 Å². The minimum Gasteiger partial charge on any atom is -0.353 e. The fourth-order valence-corrected chi connectivity index (χ4v) is 8.44. The van der Waals surface area contributed by atoms with Gasteiger partial charge in [-0.05, 0) is 55.7 Å². The van der Waals surface area contributed by atoms with Crippen LogP contribution in [0.15, 0.2) is 30.4 Å². The molecule has 0 bridgehead atoms. The van der Waals surface area contributed by atoms with Gasteiger partial charge in [0.15, 0.2) is 15.6 Å². The lowest BCUT2D eigenvalue weighted by Gasteiger charge is -2.28. The zero-order valence-electron chi connectivity index (χ0n) is 25.2. The van der Waals surface area contributed by atoms with Crippen LogP contribution in [0.3, 0.4) is 0 Å². The standard InChI is InChI=1S/C32H45N3O5S2/c1-21(2)25-9-10-28-30(18-25)41-31(33-28)19-26(17-23(4)36)32(38)34-27(24-7-5-6-8-24)11-12-29(37)22(3)20-35-13-15-42(39,40)16-14-35/h9-10,18,21,24,26-27H,3,5-8,11-17,19-20H2,1-2,4H3,(H,34,38)/t26-,27+/m0/s1. The summed E-state index contributed by atoms with van der Waals surface area (Å²) < 4.78 is 24.5. The molecule has 1 aliphatic heterocycles. The van der Waals surface area contributed by atoms with Crippen LogP contribution in [0, 0.1) is 11.8 Å². The van der Waals surface area contributed by atoms with Gasteiger partial charge in [-0.3, -0.25) is 14.5 Å². The van der Waals surface area contributed by atoms with Crippen LogP contribution in [0.5, 0.6) is 0 Å². The SMILES string of the molecule is C=C(CN1CCS(=O)(=O)CC1)C(=O)CC[C@@H](NC(=O)[C@@H](CC(C)=O)Cc1nc2ccc(C(C)C)cc2s1)C1CCCC1. The Balaban J connectivity index is 1.39. The van der Waals surface area contributed by atoms with Crippen molar-refractivity contribution >= 4 is 48.9 Å². The highest BCUT2D eigenvalue weighted by Crippen LogP contribution is 2.31. The second-order valence-corrected chi connectivity index (χ2v) is 15.9. The van der Waals surface area contributed by atoms with E-state index in [2.05, 4.69) is 37.9 Å². The molecule has 1 aromatic carbocycles. The number of hydrogen-bond donors (Lipinski definition) is 1. The van der Waals surface area contributed by atoms with Crippen molar-refractivity contribution in [3.63, 3.8) is 0 Å². The Bertz CT molecular complexity index is 1390. The second-order valence-electron chi connectivity index (χ2n) is 12.4. The number of ketones is 2. The Morgan fingerprint density at radius 2 is 1.83 bits per heavy atom. The molecule has 10 heteroatoms. The number of sulfone groups is 1. The van der Waals surface area contributed by atoms with E-state index in [0.717, 1.165) is 40.9 Å². The number of fused-ring (bicyclic) bond motifs is 1. The first-order valence-electron chi connectivity index (χ1n) is 15.2. The molecule has 0 unspecified atom stereocenters. The van der Waals surface area contributed by atoms with Crippen molar-refractivity contribution in [1.29, 1.82) is 0 Å². The van der Waals surface area contributed by atoms with Crippen molar-refractivity contribution in [2.45, 2.75) is 84.1 Å². The van der Waals surface area contributed by atoms with Crippen molar-refractivity contribution < 1.29 is 22.8 Å². The van der Waals surface area contributed by atoms with Crippen LogP contribution < -0.4 is 5.32 Å². The second kappa shape index (κ2) is 14.4. The molecule has 0 radical (unpaired) electrons. The van der Waals surface area contributed by atoms with Gasteiger partial charge < -0.3 is 10.1 Å². The van der Waals surface area contributed by atoms with Crippen LogP contribution in [0.4, 0.5) is 0 Å². The van der Waals surface area contributed by atoms with E-state index in [9.17, 15) is 22.8 Å². The number of carbonyl (C=O) groups is 3. The summed E-state index contributed by atoms with van der Waals surface area (Å²) in [5, 5.41) is 4.10. The fraction of sp³-hybridized carbons (Fsp3) is 0.625. The van der Waals surface area contributed by atoms with Gasteiger partial charge in [-0.1, -0.05) is 39.3 Å². The molecule has 1 saturated carbocycles. The van der Waals surface area contributed by atoms with E-state index in [1.54, 1.807) is 11.3 Å². The predicted octanol–water partition coefficient (Wildman–Crippen LogP) is 4.87. The zero-order chi connectivity index (χ0) is 30.4. The van der Waals surface area contributed by atoms with E-state index in [0.29, 0.717) is 49.9 Å². The topological polar surface area (TPSA) is 114 Å². The summed E-state index contributed by atoms with van der Waals surface area (Å²) in [6, 6.07) is 6.14. The number of rotatable bonds is 14. The van der Waals surface area contributed by atoms with Crippen molar-refractivity contribution in [3.8, 4) is 0 Å². The number of carbonyl (C=O) groups excluding carboxylic acids is 3. The molecule has 4 rings (SSSR count). The molecule has 1 aromatic heterocycles. The molecule has 2 aromatic rings. The van der Waals surface area contributed by atoms with Crippen LogP contribution in [0.1, 0.15) is 82.2 Å². The first-order valence-corrected chi connectivity index (χ1v) is 17.9. The maximum Gasteiger partial charge on any atom is 0.224 e. The summed E-state index contributed by atoms with van der Waals surface area (Å²) in [5.41, 5.74) is 2.64. The molecular weight excluding hydrogens is 571 g/mol. The van der Waals surface area contributed by atoms with E-state index in [1.165, 1.54) is 12.5 Å². The van der Waals surface area contributed by atoms with E-state index >= 15 is 0 Å². The zero-order valence-corrected chi connectivity index (χ0v) is 26.8. The minimum atomic E-state index is -2.98. The molecule has 42 heavy (non-hydrogen) atoms. The van der Waals surface area contributed by atoms with Gasteiger partial charge in [0.2, 0.25) is 5.91 Å². The quantitative estimate of drug-likeness (QED) is 0.302. The third-order valence-electron chi connectivity index (χ3n) is 8.67. The highest BCUT2D eigenvalue weighted by Gasteiger charge is 2.31. The van der Waals surface area contributed by atoms with Crippen LogP contribution in [0.2, 0.25) is 0 Å². The van der Waals surface area contributed by atoms with Crippen molar-refractivity contribution in [1.82, 2.24) is 15.2 Å². The molecule has 2 fully saturated rings. The molecule has 1 aliphatic carbocycles. The summed E-state index contributed by atoms with van der Waals surface area (Å²) in [6.07, 6.45) is 5.59. The number of amides is 1. The number of Topliss-reactive ketones (excluding diaryl/α,β-unsaturated/α-hetero) is 2. The van der Waals surface area contributed by atoms with Crippen LogP contribution in [0.25, 0.3) is 10.2 Å². The largest absolute Gasteiger partial charge is 0.353 e. The van der Waals surface area contributed by atoms with Gasteiger partial charge in [0, 0.05) is 50.5 Å². The summed E-state index contributed by atoms with van der Waals surface area (Å²) in [6.45, 7) is 11.0. The molecule has 2 heterocycles. The van der Waals surface area contributed by atoms with Crippen LogP contribution in [-0.2, 0) is 30.6 Å². The van der Waals surface area contributed by atoms with E-state index in [-0.39, 0.29) is 47.9 Å². The fourth-order valence-electron chi connectivity index (χ4n) is 6.07. The molecule has 230 valence electrons. The van der Waals surface area contributed by atoms with E-state index < -0.39 is 15.8 Å². The van der Waals surface area contributed by atoms with E-state index in [4.69, 9.17) is 4.98 Å². The molecule has 2 atom stereocenters. The first-order chi connectivity index (χ1) is 19.9. The lowest BCUT2D eigenvalue weighted by atomic mass is 9.90. The number of nitrogens with one attached hydrogen (secondary N) is 1. The van der Waals surface area contributed by atoms with Gasteiger partial charge in [0.25, 0.3) is 0 Å². The van der Waals surface area contributed by atoms with Crippen molar-refractivity contribution in [3.05, 3.63) is 40.9 Å². The van der Waals surface area contributed by atoms with Gasteiger partial charge in [-0.25, -0.2) is 13.4 Å². The molecule has 1 amide bonds. The van der Waals surface area contributed by atoms with E-state index in [1.807, 2.05) is 11.0 Å². The Hall–Kier alpha value is -2.43. The number of thiazole rings is 1. The Labute approximate surface area is 254 Å². The number of nitrogens with zero attached hydrogens (tertiary/aromatic N) is 2. The molecule has 1 N–H and O–H groups in total.